The fourth-order valence-corrected chi connectivity index (χ4v) is 2.08. The van der Waals surface area contributed by atoms with Gasteiger partial charge in [0, 0.05) is 22.9 Å². The minimum atomic E-state index is 0.0266. The van der Waals surface area contributed by atoms with E-state index in [1.807, 2.05) is 49.4 Å². The van der Waals surface area contributed by atoms with E-state index in [2.05, 4.69) is 5.32 Å². The van der Waals surface area contributed by atoms with E-state index in [0.29, 0.717) is 11.6 Å². The van der Waals surface area contributed by atoms with Crippen molar-refractivity contribution >= 4 is 28.9 Å². The standard InChI is InChI=1S/C16H17ClN2O/c1-2-19(15-10-8-13(17)9-11-15)16(20)12-18-14-6-4-3-5-7-14/h3-11,18H,2,12H2,1H3. The number of para-hydroxylation sites is 1. The van der Waals surface area contributed by atoms with Crippen molar-refractivity contribution in [2.45, 2.75) is 6.92 Å². The highest BCUT2D eigenvalue weighted by molar-refractivity contribution is 6.30. The summed E-state index contributed by atoms with van der Waals surface area (Å²) in [6.45, 7) is 2.84. The van der Waals surface area contributed by atoms with Crippen LogP contribution in [-0.4, -0.2) is 19.0 Å². The molecule has 0 aromatic heterocycles. The van der Waals surface area contributed by atoms with Crippen molar-refractivity contribution in [1.29, 1.82) is 0 Å². The molecule has 0 bridgehead atoms. The average molecular weight is 289 g/mol. The van der Waals surface area contributed by atoms with Crippen molar-refractivity contribution in [3.8, 4) is 0 Å². The van der Waals surface area contributed by atoms with E-state index >= 15 is 0 Å². The Hall–Kier alpha value is -2.00. The molecular formula is C16H17ClN2O. The first-order chi connectivity index (χ1) is 9.70. The van der Waals surface area contributed by atoms with E-state index in [1.165, 1.54) is 0 Å². The van der Waals surface area contributed by atoms with Crippen LogP contribution in [0.1, 0.15) is 6.92 Å². The van der Waals surface area contributed by atoms with E-state index in [-0.39, 0.29) is 12.5 Å². The van der Waals surface area contributed by atoms with Crippen molar-refractivity contribution in [1.82, 2.24) is 0 Å². The topological polar surface area (TPSA) is 32.3 Å². The molecule has 0 saturated carbocycles. The van der Waals surface area contributed by atoms with Crippen molar-refractivity contribution in [3.63, 3.8) is 0 Å². The molecule has 1 N–H and O–H groups in total. The molecule has 0 unspecified atom stereocenters. The molecule has 0 heterocycles. The van der Waals surface area contributed by atoms with Gasteiger partial charge in [-0.3, -0.25) is 4.79 Å². The molecule has 0 atom stereocenters. The van der Waals surface area contributed by atoms with E-state index in [9.17, 15) is 4.79 Å². The smallest absolute Gasteiger partial charge is 0.246 e. The molecule has 3 nitrogen and oxygen atoms in total. The quantitative estimate of drug-likeness (QED) is 0.907. The van der Waals surface area contributed by atoms with Gasteiger partial charge in [0.25, 0.3) is 0 Å². The predicted octanol–water partition coefficient (Wildman–Crippen LogP) is 3.81. The second kappa shape index (κ2) is 6.96. The number of hydrogen-bond donors (Lipinski definition) is 1. The van der Waals surface area contributed by atoms with Gasteiger partial charge in [0.2, 0.25) is 5.91 Å². The largest absolute Gasteiger partial charge is 0.376 e. The summed E-state index contributed by atoms with van der Waals surface area (Å²) in [7, 11) is 0. The Balaban J connectivity index is 2.00. The van der Waals surface area contributed by atoms with Gasteiger partial charge in [0.05, 0.1) is 6.54 Å². The van der Waals surface area contributed by atoms with Gasteiger partial charge in [-0.15, -0.1) is 0 Å². The van der Waals surface area contributed by atoms with Crippen molar-refractivity contribution in [2.75, 3.05) is 23.3 Å². The summed E-state index contributed by atoms with van der Waals surface area (Å²) in [6.07, 6.45) is 0. The molecule has 0 aliphatic carbocycles. The van der Waals surface area contributed by atoms with Crippen LogP contribution in [0.2, 0.25) is 5.02 Å². The Morgan fingerprint density at radius 2 is 1.75 bits per heavy atom. The molecule has 2 aromatic rings. The Kier molecular flexibility index (Phi) is 5.02. The van der Waals surface area contributed by atoms with E-state index in [4.69, 9.17) is 11.6 Å². The maximum atomic E-state index is 12.3. The van der Waals surface area contributed by atoms with Gasteiger partial charge in [-0.2, -0.15) is 0 Å². The predicted molar refractivity (Wildman–Crippen MR) is 84.4 cm³/mol. The van der Waals surface area contributed by atoms with Gasteiger partial charge >= 0.3 is 0 Å². The SMILES string of the molecule is CCN(C(=O)CNc1ccccc1)c1ccc(Cl)cc1. The zero-order valence-electron chi connectivity index (χ0n) is 11.3. The van der Waals surface area contributed by atoms with Crippen LogP contribution in [0.5, 0.6) is 0 Å². The van der Waals surface area contributed by atoms with Crippen LogP contribution in [0.4, 0.5) is 11.4 Å². The number of halogens is 1. The first-order valence-corrected chi connectivity index (χ1v) is 6.93. The zero-order chi connectivity index (χ0) is 14.4. The Labute approximate surface area is 124 Å². The number of amides is 1. The maximum absolute atomic E-state index is 12.3. The van der Waals surface area contributed by atoms with Crippen molar-refractivity contribution in [3.05, 3.63) is 59.6 Å². The molecule has 0 fully saturated rings. The first-order valence-electron chi connectivity index (χ1n) is 6.55. The molecule has 2 rings (SSSR count). The molecule has 0 aliphatic rings. The number of likely N-dealkylation sites (N-methyl/N-ethyl adjacent to an activating group) is 1. The molecule has 0 spiro atoms. The van der Waals surface area contributed by atoms with Crippen LogP contribution in [0, 0.1) is 0 Å². The molecule has 0 aliphatic heterocycles. The van der Waals surface area contributed by atoms with Crippen LogP contribution in [0.3, 0.4) is 0 Å². The summed E-state index contributed by atoms with van der Waals surface area (Å²) >= 11 is 5.86. The van der Waals surface area contributed by atoms with Crippen LogP contribution >= 0.6 is 11.6 Å². The average Bonchev–Trinajstić information content (AvgIpc) is 2.49. The number of benzene rings is 2. The number of carbonyl (C=O) groups excluding carboxylic acids is 1. The van der Waals surface area contributed by atoms with E-state index in [1.54, 1.807) is 17.0 Å². The van der Waals surface area contributed by atoms with Crippen LogP contribution < -0.4 is 10.2 Å². The molecule has 1 amide bonds. The lowest BCUT2D eigenvalue weighted by molar-refractivity contribution is -0.116. The Bertz CT molecular complexity index is 554. The summed E-state index contributed by atoms with van der Waals surface area (Å²) in [6, 6.07) is 17.0. The van der Waals surface area contributed by atoms with Crippen molar-refractivity contribution in [2.24, 2.45) is 0 Å². The number of rotatable bonds is 5. The van der Waals surface area contributed by atoms with Gasteiger partial charge < -0.3 is 10.2 Å². The lowest BCUT2D eigenvalue weighted by Gasteiger charge is -2.21. The summed E-state index contributed by atoms with van der Waals surface area (Å²) in [5, 5.41) is 3.79. The van der Waals surface area contributed by atoms with Gasteiger partial charge in [0.15, 0.2) is 0 Å². The number of hydrogen-bond acceptors (Lipinski definition) is 2. The first kappa shape index (κ1) is 14.4. The highest BCUT2D eigenvalue weighted by Crippen LogP contribution is 2.18. The van der Waals surface area contributed by atoms with Crippen molar-refractivity contribution < 1.29 is 4.79 Å². The third kappa shape index (κ3) is 3.75. The number of nitrogens with zero attached hydrogens (tertiary/aromatic N) is 1. The number of anilines is 2. The Morgan fingerprint density at radius 1 is 1.10 bits per heavy atom. The molecule has 2 aromatic carbocycles. The third-order valence-electron chi connectivity index (χ3n) is 2.97. The van der Waals surface area contributed by atoms with Gasteiger partial charge in [-0.25, -0.2) is 0 Å². The monoisotopic (exact) mass is 288 g/mol. The minimum absolute atomic E-state index is 0.0266. The fourth-order valence-electron chi connectivity index (χ4n) is 1.95. The summed E-state index contributed by atoms with van der Waals surface area (Å²) < 4.78 is 0. The molecular weight excluding hydrogens is 272 g/mol. The van der Waals surface area contributed by atoms with Gasteiger partial charge in [-0.05, 0) is 43.3 Å². The highest BCUT2D eigenvalue weighted by atomic mass is 35.5. The van der Waals surface area contributed by atoms with Crippen LogP contribution in [0.15, 0.2) is 54.6 Å². The summed E-state index contributed by atoms with van der Waals surface area (Å²) in [5.41, 5.74) is 1.80. The number of carbonyl (C=O) groups is 1. The minimum Gasteiger partial charge on any atom is -0.376 e. The van der Waals surface area contributed by atoms with E-state index < -0.39 is 0 Å². The fraction of sp³-hybridized carbons (Fsp3) is 0.188. The maximum Gasteiger partial charge on any atom is 0.246 e. The molecule has 4 heteroatoms. The van der Waals surface area contributed by atoms with Crippen LogP contribution in [0.25, 0.3) is 0 Å². The summed E-state index contributed by atoms with van der Waals surface area (Å²) in [5.74, 6) is 0.0266. The van der Waals surface area contributed by atoms with Gasteiger partial charge in [-0.1, -0.05) is 29.8 Å². The third-order valence-corrected chi connectivity index (χ3v) is 3.23. The molecule has 0 radical (unpaired) electrons. The second-order valence-electron chi connectivity index (χ2n) is 4.33. The summed E-state index contributed by atoms with van der Waals surface area (Å²) in [4.78, 5) is 14.0. The van der Waals surface area contributed by atoms with Crippen LogP contribution in [-0.2, 0) is 4.79 Å². The molecule has 0 saturated heterocycles. The van der Waals surface area contributed by atoms with E-state index in [0.717, 1.165) is 11.4 Å². The van der Waals surface area contributed by atoms with Gasteiger partial charge in [0.1, 0.15) is 0 Å². The lowest BCUT2D eigenvalue weighted by Crippen LogP contribution is -2.35. The molecule has 20 heavy (non-hydrogen) atoms. The lowest BCUT2D eigenvalue weighted by atomic mass is 10.2. The zero-order valence-corrected chi connectivity index (χ0v) is 12.1. The second-order valence-corrected chi connectivity index (χ2v) is 4.77. The number of nitrogens with one attached hydrogen (secondary N) is 1. The Morgan fingerprint density at radius 3 is 2.35 bits per heavy atom. The normalized spacial score (nSPS) is 10.1. The molecule has 104 valence electrons. The highest BCUT2D eigenvalue weighted by Gasteiger charge is 2.13.